The average molecular weight is 361 g/mol. The zero-order valence-electron chi connectivity index (χ0n) is 14.6. The first-order valence-electron chi connectivity index (χ1n) is 8.16. The molecule has 0 fully saturated rings. The van der Waals surface area contributed by atoms with Crippen molar-refractivity contribution < 1.29 is 13.2 Å². The summed E-state index contributed by atoms with van der Waals surface area (Å²) in [6.45, 7) is 5.59. The molecule has 1 aromatic carbocycles. The molecule has 134 valence electrons. The summed E-state index contributed by atoms with van der Waals surface area (Å²) in [4.78, 5) is 16.4. The first-order valence-corrected chi connectivity index (χ1v) is 9.65. The Morgan fingerprint density at radius 3 is 2.24 bits per heavy atom. The predicted molar refractivity (Wildman–Crippen MR) is 96.6 cm³/mol. The van der Waals surface area contributed by atoms with Crippen molar-refractivity contribution in [1.29, 1.82) is 0 Å². The van der Waals surface area contributed by atoms with Crippen LogP contribution in [-0.4, -0.2) is 25.4 Å². The summed E-state index contributed by atoms with van der Waals surface area (Å²) in [6.07, 6.45) is 4.04. The lowest BCUT2D eigenvalue weighted by Gasteiger charge is -2.15. The van der Waals surface area contributed by atoms with Gasteiger partial charge in [-0.3, -0.25) is 9.78 Å². The summed E-state index contributed by atoms with van der Waals surface area (Å²) in [5.74, 6) is -0.261. The minimum atomic E-state index is -3.57. The van der Waals surface area contributed by atoms with Gasteiger partial charge >= 0.3 is 0 Å². The standard InChI is InChI=1S/C18H23N3O3S/c1-4-13(2)21-25(23,24)17-7-5-16(6-8-17)18(22)20-14(3)15-9-11-19-12-10-15/h5-14,21H,4H2,1-3H3,(H,20,22). The van der Waals surface area contributed by atoms with Crippen molar-refractivity contribution in [2.45, 2.75) is 44.2 Å². The van der Waals surface area contributed by atoms with E-state index in [9.17, 15) is 13.2 Å². The molecule has 6 nitrogen and oxygen atoms in total. The molecule has 1 amide bonds. The topological polar surface area (TPSA) is 88.2 Å². The molecule has 25 heavy (non-hydrogen) atoms. The Labute approximate surface area is 148 Å². The molecule has 0 saturated carbocycles. The number of hydrogen-bond donors (Lipinski definition) is 2. The summed E-state index contributed by atoms with van der Waals surface area (Å²) in [6, 6.07) is 9.26. The van der Waals surface area contributed by atoms with Gasteiger partial charge in [0.15, 0.2) is 0 Å². The maximum absolute atomic E-state index is 12.3. The maximum atomic E-state index is 12.3. The Morgan fingerprint density at radius 1 is 1.08 bits per heavy atom. The fraction of sp³-hybridized carbons (Fsp3) is 0.333. The molecule has 2 N–H and O–H groups in total. The van der Waals surface area contributed by atoms with Gasteiger partial charge in [-0.15, -0.1) is 0 Å². The number of amides is 1. The molecule has 0 radical (unpaired) electrons. The fourth-order valence-electron chi connectivity index (χ4n) is 2.22. The van der Waals surface area contributed by atoms with Gasteiger partial charge in [-0.1, -0.05) is 6.92 Å². The third-order valence-corrected chi connectivity index (χ3v) is 5.55. The van der Waals surface area contributed by atoms with Gasteiger partial charge in [-0.25, -0.2) is 13.1 Å². The van der Waals surface area contributed by atoms with Crippen LogP contribution in [0.2, 0.25) is 0 Å². The van der Waals surface area contributed by atoms with Gasteiger partial charge in [0.1, 0.15) is 0 Å². The Morgan fingerprint density at radius 2 is 1.68 bits per heavy atom. The van der Waals surface area contributed by atoms with E-state index in [2.05, 4.69) is 15.0 Å². The van der Waals surface area contributed by atoms with Gasteiger partial charge in [-0.05, 0) is 62.2 Å². The van der Waals surface area contributed by atoms with Gasteiger partial charge in [0, 0.05) is 24.0 Å². The summed E-state index contributed by atoms with van der Waals surface area (Å²) >= 11 is 0. The lowest BCUT2D eigenvalue weighted by atomic mass is 10.1. The van der Waals surface area contributed by atoms with Crippen LogP contribution in [0.5, 0.6) is 0 Å². The van der Waals surface area contributed by atoms with Crippen molar-refractivity contribution in [3.05, 3.63) is 59.9 Å². The number of hydrogen-bond acceptors (Lipinski definition) is 4. The minimum Gasteiger partial charge on any atom is -0.346 e. The molecule has 0 bridgehead atoms. The number of carbonyl (C=O) groups excluding carboxylic acids is 1. The first kappa shape index (κ1) is 19.1. The molecule has 0 aliphatic rings. The van der Waals surface area contributed by atoms with Crippen molar-refractivity contribution in [3.8, 4) is 0 Å². The lowest BCUT2D eigenvalue weighted by molar-refractivity contribution is 0.0939. The molecule has 2 unspecified atom stereocenters. The zero-order chi connectivity index (χ0) is 18.4. The number of nitrogens with one attached hydrogen (secondary N) is 2. The Balaban J connectivity index is 2.08. The highest BCUT2D eigenvalue weighted by Crippen LogP contribution is 2.14. The van der Waals surface area contributed by atoms with Crippen molar-refractivity contribution in [3.63, 3.8) is 0 Å². The summed E-state index contributed by atoms with van der Waals surface area (Å²) in [5.41, 5.74) is 1.35. The number of benzene rings is 1. The van der Waals surface area contributed by atoms with E-state index in [0.29, 0.717) is 12.0 Å². The van der Waals surface area contributed by atoms with Crippen LogP contribution in [0.1, 0.15) is 49.2 Å². The average Bonchev–Trinajstić information content (AvgIpc) is 2.62. The Kier molecular flexibility index (Phi) is 6.27. The van der Waals surface area contributed by atoms with E-state index in [-0.39, 0.29) is 22.9 Å². The molecule has 0 aliphatic carbocycles. The SMILES string of the molecule is CCC(C)NS(=O)(=O)c1ccc(C(=O)NC(C)c2ccncc2)cc1. The number of pyridine rings is 1. The van der Waals surface area contributed by atoms with Crippen LogP contribution < -0.4 is 10.0 Å². The van der Waals surface area contributed by atoms with Crippen LogP contribution in [0, 0.1) is 0 Å². The van der Waals surface area contributed by atoms with E-state index < -0.39 is 10.0 Å². The first-order chi connectivity index (χ1) is 11.8. The molecule has 2 aromatic rings. The van der Waals surface area contributed by atoms with E-state index in [4.69, 9.17) is 0 Å². The third-order valence-electron chi connectivity index (χ3n) is 3.95. The van der Waals surface area contributed by atoms with E-state index in [1.807, 2.05) is 26.0 Å². The lowest BCUT2D eigenvalue weighted by Crippen LogP contribution is -2.32. The predicted octanol–water partition coefficient (Wildman–Crippen LogP) is 2.65. The van der Waals surface area contributed by atoms with E-state index in [0.717, 1.165) is 5.56 Å². The Bertz CT molecular complexity index is 805. The van der Waals surface area contributed by atoms with Crippen LogP contribution >= 0.6 is 0 Å². The molecule has 1 heterocycles. The number of carbonyl (C=O) groups is 1. The van der Waals surface area contributed by atoms with Crippen LogP contribution in [0.15, 0.2) is 53.7 Å². The van der Waals surface area contributed by atoms with Crippen molar-refractivity contribution in [2.24, 2.45) is 0 Å². The van der Waals surface area contributed by atoms with Gasteiger partial charge in [-0.2, -0.15) is 0 Å². The molecular formula is C18H23N3O3S. The van der Waals surface area contributed by atoms with Gasteiger partial charge in [0.25, 0.3) is 5.91 Å². The molecule has 0 saturated heterocycles. The van der Waals surface area contributed by atoms with Crippen LogP contribution in [-0.2, 0) is 10.0 Å². The number of nitrogens with zero attached hydrogens (tertiary/aromatic N) is 1. The molecule has 7 heteroatoms. The van der Waals surface area contributed by atoms with Gasteiger partial charge in [0.05, 0.1) is 10.9 Å². The monoisotopic (exact) mass is 361 g/mol. The Hall–Kier alpha value is -2.25. The maximum Gasteiger partial charge on any atom is 0.251 e. The van der Waals surface area contributed by atoms with E-state index in [1.165, 1.54) is 24.3 Å². The molecule has 0 aliphatic heterocycles. The molecular weight excluding hydrogens is 338 g/mol. The second-order valence-corrected chi connectivity index (χ2v) is 7.64. The second-order valence-electron chi connectivity index (χ2n) is 5.93. The number of aromatic nitrogens is 1. The second kappa shape index (κ2) is 8.22. The molecule has 1 aromatic heterocycles. The summed E-state index contributed by atoms with van der Waals surface area (Å²) in [7, 11) is -3.57. The number of sulfonamides is 1. The minimum absolute atomic E-state index is 0.144. The quantitative estimate of drug-likeness (QED) is 0.793. The van der Waals surface area contributed by atoms with Gasteiger partial charge < -0.3 is 5.32 Å². The molecule has 2 rings (SSSR count). The van der Waals surface area contributed by atoms with Crippen molar-refractivity contribution in [1.82, 2.24) is 15.0 Å². The smallest absolute Gasteiger partial charge is 0.251 e. The molecule has 0 spiro atoms. The third kappa shape index (κ3) is 5.11. The van der Waals surface area contributed by atoms with Crippen LogP contribution in [0.4, 0.5) is 0 Å². The summed E-state index contributed by atoms with van der Waals surface area (Å²) in [5, 5.41) is 2.88. The summed E-state index contributed by atoms with van der Waals surface area (Å²) < 4.78 is 27.0. The fourth-order valence-corrected chi connectivity index (χ4v) is 3.54. The van der Waals surface area contributed by atoms with Crippen LogP contribution in [0.3, 0.4) is 0 Å². The van der Waals surface area contributed by atoms with Gasteiger partial charge in [0.2, 0.25) is 10.0 Å². The van der Waals surface area contributed by atoms with Crippen molar-refractivity contribution >= 4 is 15.9 Å². The highest BCUT2D eigenvalue weighted by atomic mass is 32.2. The van der Waals surface area contributed by atoms with Crippen molar-refractivity contribution in [2.75, 3.05) is 0 Å². The number of rotatable bonds is 7. The highest BCUT2D eigenvalue weighted by molar-refractivity contribution is 7.89. The zero-order valence-corrected chi connectivity index (χ0v) is 15.4. The van der Waals surface area contributed by atoms with Crippen LogP contribution in [0.25, 0.3) is 0 Å². The van der Waals surface area contributed by atoms with E-state index in [1.54, 1.807) is 19.3 Å². The highest BCUT2D eigenvalue weighted by Gasteiger charge is 2.17. The molecule has 2 atom stereocenters. The normalized spacial score (nSPS) is 13.9. The van der Waals surface area contributed by atoms with E-state index >= 15 is 0 Å². The largest absolute Gasteiger partial charge is 0.346 e.